The second-order valence-corrected chi connectivity index (χ2v) is 4.10. The molecule has 0 unspecified atom stereocenters. The molecule has 2 heterocycles. The molecule has 0 bridgehead atoms. The Balaban J connectivity index is 2.74. The van der Waals surface area contributed by atoms with Crippen molar-refractivity contribution < 1.29 is 15.9 Å². The summed E-state index contributed by atoms with van der Waals surface area (Å²) in [6.45, 7) is 1.15. The topological polar surface area (TPSA) is 17.3 Å². The Hall–Kier alpha value is -1.23. The van der Waals surface area contributed by atoms with Crippen LogP contribution < -0.4 is 0 Å². The second kappa shape index (κ2) is 3.91. The average molecular weight is 265 g/mol. The van der Waals surface area contributed by atoms with Gasteiger partial charge >= 0.3 is 6.18 Å². The van der Waals surface area contributed by atoms with Gasteiger partial charge < -0.3 is 4.40 Å². The Bertz CT molecular complexity index is 622. The molecule has 0 radical (unpaired) electrons. The van der Waals surface area contributed by atoms with Gasteiger partial charge in [0.2, 0.25) is 0 Å². The van der Waals surface area contributed by atoms with Gasteiger partial charge in [-0.2, -0.15) is 13.2 Å². The first kappa shape index (κ1) is 9.76. The summed E-state index contributed by atoms with van der Waals surface area (Å²) < 4.78 is 54.6. The van der Waals surface area contributed by atoms with Crippen molar-refractivity contribution in [2.75, 3.05) is 0 Å². The zero-order valence-corrected chi connectivity index (χ0v) is 9.60. The van der Waals surface area contributed by atoms with Crippen molar-refractivity contribution in [1.29, 1.82) is 0 Å². The molecule has 0 aliphatic heterocycles. The van der Waals surface area contributed by atoms with Gasteiger partial charge in [0.25, 0.3) is 0 Å². The quantitative estimate of drug-likeness (QED) is 0.757. The Morgan fingerprint density at radius 2 is 2.29 bits per heavy atom. The Kier molecular flexibility index (Phi) is 2.24. The van der Waals surface area contributed by atoms with Crippen LogP contribution in [0.1, 0.15) is 33.7 Å². The van der Waals surface area contributed by atoms with Crippen LogP contribution >= 0.6 is 11.6 Å². The van der Waals surface area contributed by atoms with Gasteiger partial charge in [0.15, 0.2) is 5.65 Å². The van der Waals surface area contributed by atoms with Crippen LogP contribution in [0.3, 0.4) is 0 Å². The fourth-order valence-corrected chi connectivity index (χ4v) is 1.77. The molecule has 2 nitrogen and oxygen atoms in total. The Morgan fingerprint density at radius 3 is 2.88 bits per heavy atom. The lowest BCUT2D eigenvalue weighted by Crippen LogP contribution is -2.07. The maximum Gasteiger partial charge on any atom is 0.417 e. The largest absolute Gasteiger partial charge is 0.417 e. The summed E-state index contributed by atoms with van der Waals surface area (Å²) in [5.74, 6) is -1.35. The van der Waals surface area contributed by atoms with Gasteiger partial charge in [-0.1, -0.05) is 25.4 Å². The summed E-state index contributed by atoms with van der Waals surface area (Å²) in [5.41, 5.74) is -0.563. The van der Waals surface area contributed by atoms with E-state index in [0.29, 0.717) is 0 Å². The highest BCUT2D eigenvalue weighted by atomic mass is 35.5. The molecule has 2 aromatic rings. The molecule has 0 saturated carbocycles. The second-order valence-electron chi connectivity index (χ2n) is 3.69. The van der Waals surface area contributed by atoms with Gasteiger partial charge in [-0.15, -0.1) is 0 Å². The number of alkyl halides is 3. The van der Waals surface area contributed by atoms with E-state index in [1.165, 1.54) is 13.1 Å². The van der Waals surface area contributed by atoms with E-state index in [1.54, 1.807) is 0 Å². The van der Waals surface area contributed by atoms with Crippen LogP contribution in [0.5, 0.6) is 0 Å². The van der Waals surface area contributed by atoms with Crippen molar-refractivity contribution in [3.8, 4) is 0 Å². The van der Waals surface area contributed by atoms with Crippen LogP contribution in [-0.4, -0.2) is 9.38 Å². The van der Waals surface area contributed by atoms with Crippen LogP contribution in [-0.2, 0) is 6.18 Å². The molecule has 0 aromatic carbocycles. The van der Waals surface area contributed by atoms with E-state index in [4.69, 9.17) is 14.3 Å². The average Bonchev–Trinajstić information content (AvgIpc) is 2.72. The summed E-state index contributed by atoms with van der Waals surface area (Å²) in [7, 11) is 0. The summed E-state index contributed by atoms with van der Waals surface area (Å²) >= 11 is 5.78. The first-order valence-corrected chi connectivity index (χ1v) is 5.08. The van der Waals surface area contributed by atoms with Crippen LogP contribution in [0.15, 0.2) is 18.5 Å². The SMILES string of the molecule is [2H]C[C@@]([2H])(C)c1cnc2c(Cl)cc(C(F)(F)F)cn12. The smallest absolute Gasteiger partial charge is 0.302 e. The molecular weight excluding hydrogens is 253 g/mol. The van der Waals surface area contributed by atoms with E-state index in [1.807, 2.05) is 0 Å². The van der Waals surface area contributed by atoms with Crippen molar-refractivity contribution in [3.05, 3.63) is 34.7 Å². The fraction of sp³-hybridized carbons (Fsp3) is 0.364. The van der Waals surface area contributed by atoms with Crippen LogP contribution in [0.4, 0.5) is 13.2 Å². The molecule has 0 fully saturated rings. The Morgan fingerprint density at radius 1 is 1.59 bits per heavy atom. The van der Waals surface area contributed by atoms with Crippen LogP contribution in [0.2, 0.25) is 5.02 Å². The molecule has 92 valence electrons. The molecular formula is C11H10ClF3N2. The van der Waals surface area contributed by atoms with Gasteiger partial charge in [-0.3, -0.25) is 0 Å². The summed E-state index contributed by atoms with van der Waals surface area (Å²) in [6, 6.07) is 0.801. The van der Waals surface area contributed by atoms with Gasteiger partial charge in [0, 0.05) is 20.8 Å². The van der Waals surface area contributed by atoms with Crippen molar-refractivity contribution in [2.45, 2.75) is 25.9 Å². The molecule has 0 saturated heterocycles. The van der Waals surface area contributed by atoms with Crippen LogP contribution in [0, 0.1) is 0 Å². The number of hydrogen-bond acceptors (Lipinski definition) is 1. The zero-order valence-electron chi connectivity index (χ0n) is 10.8. The minimum absolute atomic E-state index is 0.137. The third kappa shape index (κ3) is 2.11. The lowest BCUT2D eigenvalue weighted by Gasteiger charge is -2.10. The normalized spacial score (nSPS) is 17.7. The molecule has 2 aromatic heterocycles. The molecule has 2 rings (SSSR count). The molecule has 0 N–H and O–H groups in total. The first-order valence-electron chi connectivity index (χ1n) is 5.91. The molecule has 0 aliphatic carbocycles. The third-order valence-corrected chi connectivity index (χ3v) is 2.60. The van der Waals surface area contributed by atoms with E-state index in [9.17, 15) is 13.2 Å². The monoisotopic (exact) mass is 264 g/mol. The summed E-state index contributed by atoms with van der Waals surface area (Å²) in [5, 5.41) is -0.137. The fourth-order valence-electron chi connectivity index (χ4n) is 1.52. The highest BCUT2D eigenvalue weighted by molar-refractivity contribution is 6.33. The van der Waals surface area contributed by atoms with E-state index < -0.39 is 17.6 Å². The Labute approximate surface area is 104 Å². The van der Waals surface area contributed by atoms with Gasteiger partial charge in [-0.05, 0) is 12.0 Å². The molecule has 17 heavy (non-hydrogen) atoms. The zero-order chi connectivity index (χ0) is 14.4. The number of nitrogens with zero attached hydrogens (tertiary/aromatic N) is 2. The van der Waals surface area contributed by atoms with E-state index in [2.05, 4.69) is 4.98 Å². The molecule has 0 amide bonds. The molecule has 0 aliphatic rings. The van der Waals surface area contributed by atoms with Crippen molar-refractivity contribution in [2.24, 2.45) is 0 Å². The predicted molar refractivity (Wildman–Crippen MR) is 59.3 cm³/mol. The van der Waals surface area contributed by atoms with E-state index >= 15 is 0 Å². The molecule has 6 heteroatoms. The lowest BCUT2D eigenvalue weighted by molar-refractivity contribution is -0.137. The maximum absolute atomic E-state index is 12.7. The maximum atomic E-state index is 12.7. The highest BCUT2D eigenvalue weighted by Gasteiger charge is 2.32. The first-order chi connectivity index (χ1) is 8.66. The highest BCUT2D eigenvalue weighted by Crippen LogP contribution is 2.33. The van der Waals surface area contributed by atoms with E-state index in [0.717, 1.165) is 16.7 Å². The van der Waals surface area contributed by atoms with Crippen molar-refractivity contribution in [1.82, 2.24) is 9.38 Å². The van der Waals surface area contributed by atoms with Crippen molar-refractivity contribution in [3.63, 3.8) is 0 Å². The summed E-state index contributed by atoms with van der Waals surface area (Å²) in [4.78, 5) is 3.92. The van der Waals surface area contributed by atoms with Gasteiger partial charge in [0.05, 0.1) is 10.6 Å². The minimum atomic E-state index is -4.53. The number of pyridine rings is 1. The number of halogens is 4. The van der Waals surface area contributed by atoms with Crippen molar-refractivity contribution >= 4 is 17.2 Å². The number of imidazole rings is 1. The predicted octanol–water partition coefficient (Wildman–Crippen LogP) is 4.13. The van der Waals surface area contributed by atoms with Crippen LogP contribution in [0.25, 0.3) is 5.65 Å². The standard InChI is InChI=1S/C11H10ClF3N2/c1-6(2)9-4-16-10-8(12)3-7(5-17(9)10)11(13,14)15/h3-6H,1-2H3/i1D,6D/t6-/m0/s1. The van der Waals surface area contributed by atoms with Gasteiger partial charge in [0.1, 0.15) is 0 Å². The molecule has 1 atom stereocenters. The minimum Gasteiger partial charge on any atom is -0.302 e. The molecule has 0 spiro atoms. The number of fused-ring (bicyclic) bond motifs is 1. The van der Waals surface area contributed by atoms with Gasteiger partial charge in [-0.25, -0.2) is 4.98 Å². The van der Waals surface area contributed by atoms with E-state index in [-0.39, 0.29) is 23.3 Å². The number of hydrogen-bond donors (Lipinski definition) is 0. The summed E-state index contributed by atoms with van der Waals surface area (Å²) in [6.07, 6.45) is -2.40. The lowest BCUT2D eigenvalue weighted by atomic mass is 10.1. The number of aromatic nitrogens is 2. The third-order valence-electron chi connectivity index (χ3n) is 2.33. The number of rotatable bonds is 1.